The van der Waals surface area contributed by atoms with Gasteiger partial charge in [0, 0.05) is 12.6 Å². The Hall–Kier alpha value is -1.26. The zero-order chi connectivity index (χ0) is 14.6. The van der Waals surface area contributed by atoms with E-state index in [1.807, 2.05) is 13.8 Å². The fraction of sp³-hybridized carbons (Fsp3) is 0.857. The third kappa shape index (κ3) is 3.85. The summed E-state index contributed by atoms with van der Waals surface area (Å²) in [6.45, 7) is 8.56. The van der Waals surface area contributed by atoms with Crippen molar-refractivity contribution in [3.8, 4) is 0 Å². The second-order valence-corrected chi connectivity index (χ2v) is 5.72. The fourth-order valence-electron chi connectivity index (χ4n) is 2.57. The predicted octanol–water partition coefficient (Wildman–Crippen LogP) is 2.32. The first kappa shape index (κ1) is 15.8. The number of rotatable bonds is 4. The van der Waals surface area contributed by atoms with E-state index < -0.39 is 12.0 Å². The summed E-state index contributed by atoms with van der Waals surface area (Å²) in [5, 5.41) is 12.2. The van der Waals surface area contributed by atoms with E-state index in [0.29, 0.717) is 12.5 Å². The predicted molar refractivity (Wildman–Crippen MR) is 74.0 cm³/mol. The number of nitrogens with zero attached hydrogens (tertiary/aromatic N) is 1. The number of carboxylic acid groups (broad SMARTS) is 1. The van der Waals surface area contributed by atoms with E-state index in [1.165, 1.54) is 4.90 Å². The lowest BCUT2D eigenvalue weighted by Crippen LogP contribution is -2.56. The van der Waals surface area contributed by atoms with Gasteiger partial charge in [0.15, 0.2) is 0 Å². The lowest BCUT2D eigenvalue weighted by Gasteiger charge is -2.38. The monoisotopic (exact) mass is 270 g/mol. The van der Waals surface area contributed by atoms with Crippen molar-refractivity contribution in [2.45, 2.75) is 59.0 Å². The number of likely N-dealkylation sites (tertiary alicyclic amines) is 1. The minimum atomic E-state index is -0.904. The Labute approximate surface area is 115 Å². The van der Waals surface area contributed by atoms with Gasteiger partial charge in [-0.1, -0.05) is 27.2 Å². The zero-order valence-corrected chi connectivity index (χ0v) is 12.3. The molecule has 0 aromatic carbocycles. The minimum Gasteiger partial charge on any atom is -0.480 e. The number of nitrogens with one attached hydrogen (secondary N) is 1. The normalized spacial score (nSPS) is 26.6. The molecule has 1 fully saturated rings. The van der Waals surface area contributed by atoms with E-state index in [-0.39, 0.29) is 18.0 Å². The highest BCUT2D eigenvalue weighted by Gasteiger charge is 2.37. The number of hydrogen-bond acceptors (Lipinski definition) is 2. The quantitative estimate of drug-likeness (QED) is 0.823. The standard InChI is InChI=1S/C14H26N2O3/c1-5-9(2)11(4)15-14(19)16-8-6-7-10(3)12(16)13(17)18/h9-12H,5-8H2,1-4H3,(H,15,19)(H,17,18). The van der Waals surface area contributed by atoms with Gasteiger partial charge in [-0.2, -0.15) is 0 Å². The number of carboxylic acids is 1. The maximum absolute atomic E-state index is 12.2. The lowest BCUT2D eigenvalue weighted by atomic mass is 9.91. The molecule has 4 atom stereocenters. The Balaban J connectivity index is 2.70. The molecular weight excluding hydrogens is 244 g/mol. The van der Waals surface area contributed by atoms with E-state index in [2.05, 4.69) is 19.2 Å². The molecule has 5 nitrogen and oxygen atoms in total. The number of carbonyl (C=O) groups excluding carboxylic acids is 1. The van der Waals surface area contributed by atoms with E-state index in [4.69, 9.17) is 0 Å². The molecule has 0 bridgehead atoms. The smallest absolute Gasteiger partial charge is 0.326 e. The molecule has 1 saturated heterocycles. The first-order valence-electron chi connectivity index (χ1n) is 7.18. The molecule has 0 aromatic heterocycles. The van der Waals surface area contributed by atoms with Crippen LogP contribution in [0.2, 0.25) is 0 Å². The van der Waals surface area contributed by atoms with Gasteiger partial charge in [0.05, 0.1) is 0 Å². The maximum atomic E-state index is 12.2. The third-order valence-corrected chi connectivity index (χ3v) is 4.30. The second kappa shape index (κ2) is 6.78. The van der Waals surface area contributed by atoms with Crippen LogP contribution in [-0.4, -0.2) is 40.6 Å². The first-order valence-corrected chi connectivity index (χ1v) is 7.18. The molecule has 5 heteroatoms. The lowest BCUT2D eigenvalue weighted by molar-refractivity contribution is -0.145. The Kier molecular flexibility index (Phi) is 5.63. The molecule has 1 aliphatic rings. The van der Waals surface area contributed by atoms with Gasteiger partial charge >= 0.3 is 12.0 Å². The minimum absolute atomic E-state index is 0.0101. The molecule has 0 aromatic rings. The summed E-state index contributed by atoms with van der Waals surface area (Å²) in [6.07, 6.45) is 2.72. The van der Waals surface area contributed by atoms with E-state index in [9.17, 15) is 14.7 Å². The van der Waals surface area contributed by atoms with Crippen molar-refractivity contribution in [2.24, 2.45) is 11.8 Å². The molecular formula is C14H26N2O3. The Morgan fingerprint density at radius 1 is 1.42 bits per heavy atom. The molecule has 1 aliphatic heterocycles. The van der Waals surface area contributed by atoms with Crippen LogP contribution in [0, 0.1) is 11.8 Å². The number of hydrogen-bond donors (Lipinski definition) is 2. The van der Waals surface area contributed by atoms with Crippen molar-refractivity contribution >= 4 is 12.0 Å². The van der Waals surface area contributed by atoms with Crippen LogP contribution in [0.25, 0.3) is 0 Å². The summed E-state index contributed by atoms with van der Waals surface area (Å²) >= 11 is 0. The van der Waals surface area contributed by atoms with Gasteiger partial charge in [0.25, 0.3) is 0 Å². The number of piperidine rings is 1. The molecule has 2 amide bonds. The fourth-order valence-corrected chi connectivity index (χ4v) is 2.57. The molecule has 19 heavy (non-hydrogen) atoms. The largest absolute Gasteiger partial charge is 0.480 e. The summed E-state index contributed by atoms with van der Waals surface area (Å²) in [5.74, 6) is -0.510. The summed E-state index contributed by atoms with van der Waals surface area (Å²) < 4.78 is 0. The average Bonchev–Trinajstić information content (AvgIpc) is 2.36. The first-order chi connectivity index (χ1) is 8.88. The Bertz CT molecular complexity index is 333. The highest BCUT2D eigenvalue weighted by atomic mass is 16.4. The van der Waals surface area contributed by atoms with Gasteiger partial charge in [0.2, 0.25) is 0 Å². The van der Waals surface area contributed by atoms with Crippen LogP contribution in [0.3, 0.4) is 0 Å². The van der Waals surface area contributed by atoms with Gasteiger partial charge in [-0.15, -0.1) is 0 Å². The topological polar surface area (TPSA) is 69.6 Å². The zero-order valence-electron chi connectivity index (χ0n) is 12.3. The van der Waals surface area contributed by atoms with Gasteiger partial charge < -0.3 is 15.3 Å². The molecule has 0 saturated carbocycles. The van der Waals surface area contributed by atoms with Crippen molar-refractivity contribution in [1.29, 1.82) is 0 Å². The molecule has 1 heterocycles. The van der Waals surface area contributed by atoms with Crippen molar-refractivity contribution in [3.05, 3.63) is 0 Å². The molecule has 1 rings (SSSR count). The molecule has 0 aliphatic carbocycles. The third-order valence-electron chi connectivity index (χ3n) is 4.30. The Morgan fingerprint density at radius 2 is 2.05 bits per heavy atom. The molecule has 2 N–H and O–H groups in total. The SMILES string of the molecule is CCC(C)C(C)NC(=O)N1CCCC(C)C1C(=O)O. The van der Waals surface area contributed by atoms with Crippen LogP contribution in [0.5, 0.6) is 0 Å². The van der Waals surface area contributed by atoms with Crippen LogP contribution in [-0.2, 0) is 4.79 Å². The number of aliphatic carboxylic acids is 1. The van der Waals surface area contributed by atoms with E-state index in [1.54, 1.807) is 0 Å². The molecule has 0 spiro atoms. The molecule has 110 valence electrons. The van der Waals surface area contributed by atoms with Crippen molar-refractivity contribution in [1.82, 2.24) is 10.2 Å². The van der Waals surface area contributed by atoms with Gasteiger partial charge in [-0.3, -0.25) is 0 Å². The summed E-state index contributed by atoms with van der Waals surface area (Å²) in [7, 11) is 0. The van der Waals surface area contributed by atoms with E-state index >= 15 is 0 Å². The Morgan fingerprint density at radius 3 is 2.58 bits per heavy atom. The van der Waals surface area contributed by atoms with Crippen LogP contribution in [0.1, 0.15) is 47.0 Å². The van der Waals surface area contributed by atoms with Crippen LogP contribution >= 0.6 is 0 Å². The summed E-state index contributed by atoms with van der Waals surface area (Å²) in [5.41, 5.74) is 0. The van der Waals surface area contributed by atoms with Crippen molar-refractivity contribution in [3.63, 3.8) is 0 Å². The van der Waals surface area contributed by atoms with Crippen LogP contribution in [0.4, 0.5) is 4.79 Å². The van der Waals surface area contributed by atoms with Crippen molar-refractivity contribution < 1.29 is 14.7 Å². The number of carbonyl (C=O) groups is 2. The summed E-state index contributed by atoms with van der Waals surface area (Å²) in [6, 6.07) is -0.881. The second-order valence-electron chi connectivity index (χ2n) is 5.72. The van der Waals surface area contributed by atoms with Gasteiger partial charge in [-0.25, -0.2) is 9.59 Å². The summed E-state index contributed by atoms with van der Waals surface area (Å²) in [4.78, 5) is 25.1. The van der Waals surface area contributed by atoms with E-state index in [0.717, 1.165) is 19.3 Å². The number of urea groups is 1. The van der Waals surface area contributed by atoms with Crippen LogP contribution in [0.15, 0.2) is 0 Å². The molecule has 4 unspecified atom stereocenters. The van der Waals surface area contributed by atoms with Crippen LogP contribution < -0.4 is 5.32 Å². The number of amides is 2. The van der Waals surface area contributed by atoms with Crippen molar-refractivity contribution in [2.75, 3.05) is 6.54 Å². The highest BCUT2D eigenvalue weighted by Crippen LogP contribution is 2.23. The molecule has 0 radical (unpaired) electrons. The highest BCUT2D eigenvalue weighted by molar-refractivity contribution is 5.83. The maximum Gasteiger partial charge on any atom is 0.326 e. The average molecular weight is 270 g/mol. The van der Waals surface area contributed by atoms with Gasteiger partial charge in [-0.05, 0) is 31.6 Å². The van der Waals surface area contributed by atoms with Gasteiger partial charge in [0.1, 0.15) is 6.04 Å².